The number of hydrogen-bond acceptors (Lipinski definition) is 4. The van der Waals surface area contributed by atoms with E-state index in [0.717, 1.165) is 17.0 Å². The number of nitrogens with one attached hydrogen (secondary N) is 1. The highest BCUT2D eigenvalue weighted by Crippen LogP contribution is 2.23. The van der Waals surface area contributed by atoms with Gasteiger partial charge in [0, 0.05) is 12.2 Å². The van der Waals surface area contributed by atoms with Crippen LogP contribution in [0.25, 0.3) is 0 Å². The van der Waals surface area contributed by atoms with E-state index in [1.54, 1.807) is 12.1 Å². The van der Waals surface area contributed by atoms with Crippen molar-refractivity contribution in [1.29, 1.82) is 0 Å². The number of benzene rings is 1. The van der Waals surface area contributed by atoms with Gasteiger partial charge in [0.05, 0.1) is 23.4 Å². The van der Waals surface area contributed by atoms with Gasteiger partial charge in [0.15, 0.2) is 0 Å². The molecule has 2 heterocycles. The first kappa shape index (κ1) is 18.1. The number of oxime groups is 1. The van der Waals surface area contributed by atoms with E-state index in [1.165, 1.54) is 12.1 Å². The summed E-state index contributed by atoms with van der Waals surface area (Å²) in [5, 5.41) is 11.4. The number of rotatable bonds is 5. The highest BCUT2D eigenvalue weighted by Gasteiger charge is 2.36. The highest BCUT2D eigenvalue weighted by atomic mass is 19.1. The molecule has 0 spiro atoms. The smallest absolute Gasteiger partial charge is 0.264 e. The van der Waals surface area contributed by atoms with Crippen LogP contribution in [0, 0.1) is 25.6 Å². The Morgan fingerprint density at radius 2 is 2.04 bits per heavy atom. The average Bonchev–Trinajstić information content (AvgIpc) is 3.15. The molecule has 7 heteroatoms. The SMILES string of the molecule is Cc1cc(C)n([C@H](C)CNC(=O)[C@@H]2ON=C(c3ccc(F)cc3)[C@@H]2C)n1. The van der Waals surface area contributed by atoms with Gasteiger partial charge in [-0.25, -0.2) is 4.39 Å². The minimum Gasteiger partial charge on any atom is -0.381 e. The maximum Gasteiger partial charge on any atom is 0.264 e. The van der Waals surface area contributed by atoms with E-state index >= 15 is 0 Å². The number of aryl methyl sites for hydroxylation is 2. The van der Waals surface area contributed by atoms with E-state index in [2.05, 4.69) is 15.6 Å². The number of carbonyl (C=O) groups is 1. The van der Waals surface area contributed by atoms with Crippen molar-refractivity contribution >= 4 is 11.6 Å². The summed E-state index contributed by atoms with van der Waals surface area (Å²) in [6, 6.07) is 8.05. The number of halogens is 1. The Labute approximate surface area is 152 Å². The third-order valence-corrected chi connectivity index (χ3v) is 4.58. The lowest BCUT2D eigenvalue weighted by Crippen LogP contribution is -2.41. The monoisotopic (exact) mass is 358 g/mol. The maximum absolute atomic E-state index is 13.1. The Morgan fingerprint density at radius 3 is 2.65 bits per heavy atom. The molecule has 1 aromatic carbocycles. The van der Waals surface area contributed by atoms with Crippen molar-refractivity contribution in [2.45, 2.75) is 39.8 Å². The van der Waals surface area contributed by atoms with Crippen molar-refractivity contribution in [3.05, 3.63) is 53.1 Å². The molecular formula is C19H23FN4O2. The van der Waals surface area contributed by atoms with Gasteiger partial charge in [-0.1, -0.05) is 24.2 Å². The van der Waals surface area contributed by atoms with Crippen molar-refractivity contribution in [1.82, 2.24) is 15.1 Å². The lowest BCUT2D eigenvalue weighted by molar-refractivity contribution is -0.132. The van der Waals surface area contributed by atoms with Gasteiger partial charge in [0.1, 0.15) is 5.82 Å². The Hall–Kier alpha value is -2.70. The van der Waals surface area contributed by atoms with Crippen LogP contribution in [-0.2, 0) is 9.63 Å². The molecule has 6 nitrogen and oxygen atoms in total. The topological polar surface area (TPSA) is 68.5 Å². The fraction of sp³-hybridized carbons (Fsp3) is 0.421. The molecule has 0 saturated heterocycles. The predicted molar refractivity (Wildman–Crippen MR) is 96.4 cm³/mol. The minimum absolute atomic E-state index is 0.0295. The summed E-state index contributed by atoms with van der Waals surface area (Å²) in [5.41, 5.74) is 3.41. The first-order chi connectivity index (χ1) is 12.4. The molecule has 3 atom stereocenters. The van der Waals surface area contributed by atoms with Gasteiger partial charge < -0.3 is 10.2 Å². The van der Waals surface area contributed by atoms with E-state index in [0.29, 0.717) is 12.3 Å². The van der Waals surface area contributed by atoms with Gasteiger partial charge in [-0.3, -0.25) is 9.48 Å². The fourth-order valence-electron chi connectivity index (χ4n) is 3.17. The van der Waals surface area contributed by atoms with Crippen molar-refractivity contribution in [2.24, 2.45) is 11.1 Å². The zero-order chi connectivity index (χ0) is 18.8. The summed E-state index contributed by atoms with van der Waals surface area (Å²) in [7, 11) is 0. The van der Waals surface area contributed by atoms with Gasteiger partial charge >= 0.3 is 0 Å². The zero-order valence-electron chi connectivity index (χ0n) is 15.4. The summed E-state index contributed by atoms with van der Waals surface area (Å²) >= 11 is 0. The summed E-state index contributed by atoms with van der Waals surface area (Å²) in [6.07, 6.45) is -0.692. The molecule has 1 N–H and O–H groups in total. The molecule has 0 radical (unpaired) electrons. The Kier molecular flexibility index (Phi) is 5.06. The van der Waals surface area contributed by atoms with E-state index in [-0.39, 0.29) is 23.7 Å². The average molecular weight is 358 g/mol. The molecule has 26 heavy (non-hydrogen) atoms. The predicted octanol–water partition coefficient (Wildman–Crippen LogP) is 2.76. The summed E-state index contributed by atoms with van der Waals surface area (Å²) in [4.78, 5) is 17.9. The van der Waals surface area contributed by atoms with Crippen molar-refractivity contribution in [3.63, 3.8) is 0 Å². The van der Waals surface area contributed by atoms with E-state index in [9.17, 15) is 9.18 Å². The first-order valence-corrected chi connectivity index (χ1v) is 8.67. The fourth-order valence-corrected chi connectivity index (χ4v) is 3.17. The Balaban J connectivity index is 1.59. The highest BCUT2D eigenvalue weighted by molar-refractivity contribution is 6.05. The molecule has 0 fully saturated rings. The summed E-state index contributed by atoms with van der Waals surface area (Å²) in [6.45, 7) is 8.25. The van der Waals surface area contributed by atoms with Crippen LogP contribution >= 0.6 is 0 Å². The second-order valence-electron chi connectivity index (χ2n) is 6.76. The second kappa shape index (κ2) is 7.27. The normalized spacial score (nSPS) is 20.4. The largest absolute Gasteiger partial charge is 0.381 e. The number of carbonyl (C=O) groups excluding carboxylic acids is 1. The van der Waals surface area contributed by atoms with E-state index < -0.39 is 6.10 Å². The van der Waals surface area contributed by atoms with Gasteiger partial charge in [0.2, 0.25) is 6.10 Å². The number of hydrogen-bond donors (Lipinski definition) is 1. The quantitative estimate of drug-likeness (QED) is 0.894. The van der Waals surface area contributed by atoms with Crippen molar-refractivity contribution in [2.75, 3.05) is 6.54 Å². The lowest BCUT2D eigenvalue weighted by Gasteiger charge is -2.18. The van der Waals surface area contributed by atoms with Crippen LogP contribution in [0.3, 0.4) is 0 Å². The Bertz CT molecular complexity index is 829. The van der Waals surface area contributed by atoms with Crippen LogP contribution in [0.4, 0.5) is 4.39 Å². The molecule has 138 valence electrons. The molecule has 3 rings (SSSR count). The zero-order valence-corrected chi connectivity index (χ0v) is 15.4. The molecule has 0 saturated carbocycles. The first-order valence-electron chi connectivity index (χ1n) is 8.67. The molecular weight excluding hydrogens is 335 g/mol. The number of amides is 1. The van der Waals surface area contributed by atoms with Gasteiger partial charge in [-0.2, -0.15) is 5.10 Å². The number of nitrogens with zero attached hydrogens (tertiary/aromatic N) is 3. The second-order valence-corrected chi connectivity index (χ2v) is 6.76. The van der Waals surface area contributed by atoms with Gasteiger partial charge in [-0.15, -0.1) is 0 Å². The van der Waals surface area contributed by atoms with Crippen LogP contribution < -0.4 is 5.32 Å². The maximum atomic E-state index is 13.1. The van der Waals surface area contributed by atoms with Crippen molar-refractivity contribution in [3.8, 4) is 0 Å². The van der Waals surface area contributed by atoms with Crippen LogP contribution in [0.1, 0.15) is 36.8 Å². The molecule has 1 aromatic heterocycles. The Morgan fingerprint density at radius 1 is 1.35 bits per heavy atom. The molecule has 0 aliphatic carbocycles. The standard InChI is InChI=1S/C19H23FN4O2/c1-11-9-12(2)24(22-11)13(3)10-21-19(25)18-14(4)17(23-26-18)15-5-7-16(20)8-6-15/h5-9,13-14,18H,10H2,1-4H3,(H,21,25)/t13-,14+,18-/m1/s1. The number of aromatic nitrogens is 2. The molecule has 0 unspecified atom stereocenters. The third-order valence-electron chi connectivity index (χ3n) is 4.58. The molecule has 1 amide bonds. The minimum atomic E-state index is -0.692. The van der Waals surface area contributed by atoms with Crippen LogP contribution in [-0.4, -0.2) is 34.0 Å². The molecule has 2 aromatic rings. The van der Waals surface area contributed by atoms with Gasteiger partial charge in [0.25, 0.3) is 5.91 Å². The molecule has 1 aliphatic rings. The van der Waals surface area contributed by atoms with Gasteiger partial charge in [-0.05, 0) is 44.5 Å². The lowest BCUT2D eigenvalue weighted by atomic mass is 9.94. The molecule has 1 aliphatic heterocycles. The molecule has 0 bridgehead atoms. The van der Waals surface area contributed by atoms with Crippen LogP contribution in [0.5, 0.6) is 0 Å². The van der Waals surface area contributed by atoms with Crippen LogP contribution in [0.15, 0.2) is 35.5 Å². The van der Waals surface area contributed by atoms with E-state index in [1.807, 2.05) is 38.4 Å². The van der Waals surface area contributed by atoms with Crippen LogP contribution in [0.2, 0.25) is 0 Å². The van der Waals surface area contributed by atoms with Crippen molar-refractivity contribution < 1.29 is 14.0 Å². The summed E-state index contributed by atoms with van der Waals surface area (Å²) < 4.78 is 15.0. The third kappa shape index (κ3) is 3.61. The summed E-state index contributed by atoms with van der Waals surface area (Å²) in [5.74, 6) is -0.746. The van der Waals surface area contributed by atoms with E-state index in [4.69, 9.17) is 4.84 Å².